The van der Waals surface area contributed by atoms with Gasteiger partial charge in [-0.1, -0.05) is 36.4 Å². The van der Waals surface area contributed by atoms with Gasteiger partial charge in [0.15, 0.2) is 12.6 Å². The lowest BCUT2D eigenvalue weighted by molar-refractivity contribution is -0.382. The quantitative estimate of drug-likeness (QED) is 0.913. The third kappa shape index (κ3) is 3.65. The number of nitrogens with zero attached hydrogens (tertiary/aromatic N) is 1. The van der Waals surface area contributed by atoms with Crippen LogP contribution in [0, 0.1) is 11.3 Å². The number of nitrogens with two attached hydrogens (primary N) is 1. The van der Waals surface area contributed by atoms with Gasteiger partial charge in [-0.05, 0) is 43.5 Å². The van der Waals surface area contributed by atoms with Gasteiger partial charge in [0, 0.05) is 17.5 Å². The van der Waals surface area contributed by atoms with Crippen LogP contribution in [0.3, 0.4) is 0 Å². The van der Waals surface area contributed by atoms with Crippen molar-refractivity contribution in [2.75, 3.05) is 0 Å². The lowest BCUT2D eigenvalue weighted by atomic mass is 9.86. The van der Waals surface area contributed by atoms with E-state index in [0.717, 1.165) is 17.5 Å². The van der Waals surface area contributed by atoms with Crippen molar-refractivity contribution in [3.63, 3.8) is 0 Å². The molecule has 124 valence electrons. The molecule has 1 saturated heterocycles. The van der Waals surface area contributed by atoms with Crippen molar-refractivity contribution in [2.45, 2.75) is 44.8 Å². The summed E-state index contributed by atoms with van der Waals surface area (Å²) in [5.41, 5.74) is 10.2. The van der Waals surface area contributed by atoms with E-state index in [4.69, 9.17) is 20.5 Å². The van der Waals surface area contributed by atoms with Gasteiger partial charge in [-0.15, -0.1) is 0 Å². The predicted octanol–water partition coefficient (Wildman–Crippen LogP) is 3.62. The summed E-state index contributed by atoms with van der Waals surface area (Å²) in [5.74, 6) is 0.167. The van der Waals surface area contributed by atoms with E-state index in [0.29, 0.717) is 5.56 Å². The molecule has 1 fully saturated rings. The van der Waals surface area contributed by atoms with Gasteiger partial charge in [0.25, 0.3) is 0 Å². The van der Waals surface area contributed by atoms with Crippen LogP contribution in [0.25, 0.3) is 0 Å². The fourth-order valence-electron chi connectivity index (χ4n) is 3.03. The average molecular weight is 322 g/mol. The molecule has 2 aromatic rings. The molecule has 2 N–H and O–H groups in total. The van der Waals surface area contributed by atoms with E-state index in [9.17, 15) is 0 Å². The molecule has 2 aromatic carbocycles. The van der Waals surface area contributed by atoms with Gasteiger partial charge in [0.2, 0.25) is 0 Å². The monoisotopic (exact) mass is 322 g/mol. The van der Waals surface area contributed by atoms with Crippen LogP contribution in [-0.2, 0) is 15.9 Å². The summed E-state index contributed by atoms with van der Waals surface area (Å²) in [6, 6.07) is 18.2. The molecule has 24 heavy (non-hydrogen) atoms. The number of hydrogen-bond acceptors (Lipinski definition) is 4. The number of benzene rings is 2. The Kier molecular flexibility index (Phi) is 4.96. The molecule has 0 aliphatic carbocycles. The Balaban J connectivity index is 1.75. The maximum atomic E-state index is 9.10. The number of ether oxygens (including phenoxy) is 2. The molecule has 1 aliphatic rings. The molecule has 0 aromatic heterocycles. The summed E-state index contributed by atoms with van der Waals surface area (Å²) in [5, 5.41) is 9.10. The van der Waals surface area contributed by atoms with Gasteiger partial charge < -0.3 is 15.2 Å². The second kappa shape index (κ2) is 7.14. The smallest absolute Gasteiger partial charge is 0.189 e. The highest BCUT2D eigenvalue weighted by molar-refractivity contribution is 5.36. The second-order valence-electron chi connectivity index (χ2n) is 6.32. The lowest BCUT2D eigenvalue weighted by Crippen LogP contribution is -2.31. The average Bonchev–Trinajstić information content (AvgIpc) is 2.57. The highest BCUT2D eigenvalue weighted by Gasteiger charge is 2.28. The molecule has 4 nitrogen and oxygen atoms in total. The van der Waals surface area contributed by atoms with Gasteiger partial charge in [0.1, 0.15) is 0 Å². The summed E-state index contributed by atoms with van der Waals surface area (Å²) in [6.07, 6.45) is 0.463. The molecule has 1 aliphatic heterocycles. The summed E-state index contributed by atoms with van der Waals surface area (Å²) in [4.78, 5) is 0. The minimum Gasteiger partial charge on any atom is -0.327 e. The van der Waals surface area contributed by atoms with E-state index in [-0.39, 0.29) is 24.5 Å². The van der Waals surface area contributed by atoms with Crippen molar-refractivity contribution >= 4 is 0 Å². The molecule has 1 heterocycles. The standard InChI is InChI=1S/C20H22N2O2/c1-13(22)19(18-5-3-4-16(10-18)12-21)11-15-6-8-17(9-7-15)20-23-14(2)24-20/h3-10,13-14,19-20H,11,22H2,1-2H3. The van der Waals surface area contributed by atoms with Crippen LogP contribution in [0.5, 0.6) is 0 Å². The molecule has 2 atom stereocenters. The van der Waals surface area contributed by atoms with E-state index in [1.54, 1.807) is 0 Å². The van der Waals surface area contributed by atoms with Gasteiger partial charge in [0.05, 0.1) is 11.6 Å². The third-order valence-corrected chi connectivity index (χ3v) is 4.42. The molecule has 2 unspecified atom stereocenters. The zero-order valence-corrected chi connectivity index (χ0v) is 14.0. The summed E-state index contributed by atoms with van der Waals surface area (Å²) in [6.45, 7) is 3.89. The first-order valence-corrected chi connectivity index (χ1v) is 8.22. The summed E-state index contributed by atoms with van der Waals surface area (Å²) in [7, 11) is 0. The maximum absolute atomic E-state index is 9.10. The van der Waals surface area contributed by atoms with E-state index in [1.807, 2.05) is 50.2 Å². The Labute approximate surface area is 142 Å². The van der Waals surface area contributed by atoms with Crippen LogP contribution in [0.1, 0.15) is 48.3 Å². The Morgan fingerprint density at radius 1 is 1.17 bits per heavy atom. The van der Waals surface area contributed by atoms with Crippen molar-refractivity contribution in [3.05, 3.63) is 70.8 Å². The van der Waals surface area contributed by atoms with Gasteiger partial charge in [-0.25, -0.2) is 0 Å². The number of hydrogen-bond donors (Lipinski definition) is 1. The van der Waals surface area contributed by atoms with Crippen molar-refractivity contribution in [3.8, 4) is 6.07 Å². The molecule has 0 radical (unpaired) electrons. The first-order chi connectivity index (χ1) is 11.6. The molecule has 4 heteroatoms. The summed E-state index contributed by atoms with van der Waals surface area (Å²) >= 11 is 0. The minimum atomic E-state index is -0.245. The van der Waals surface area contributed by atoms with Crippen LogP contribution in [0.2, 0.25) is 0 Å². The second-order valence-corrected chi connectivity index (χ2v) is 6.32. The van der Waals surface area contributed by atoms with Crippen molar-refractivity contribution in [1.29, 1.82) is 5.26 Å². The van der Waals surface area contributed by atoms with Crippen molar-refractivity contribution in [1.82, 2.24) is 0 Å². The van der Waals surface area contributed by atoms with Crippen molar-refractivity contribution in [2.24, 2.45) is 5.73 Å². The minimum absolute atomic E-state index is 0.00207. The van der Waals surface area contributed by atoms with E-state index in [1.165, 1.54) is 5.56 Å². The first-order valence-electron chi connectivity index (χ1n) is 8.22. The zero-order valence-electron chi connectivity index (χ0n) is 14.0. The Bertz CT molecular complexity index is 728. The molecular formula is C20H22N2O2. The molecule has 0 amide bonds. The Morgan fingerprint density at radius 3 is 2.46 bits per heavy atom. The van der Waals surface area contributed by atoms with Gasteiger partial charge >= 0.3 is 0 Å². The van der Waals surface area contributed by atoms with Gasteiger partial charge in [-0.3, -0.25) is 0 Å². The number of nitriles is 1. The lowest BCUT2D eigenvalue weighted by Gasteiger charge is -2.34. The van der Waals surface area contributed by atoms with Gasteiger partial charge in [-0.2, -0.15) is 5.26 Å². The third-order valence-electron chi connectivity index (χ3n) is 4.42. The highest BCUT2D eigenvalue weighted by atomic mass is 16.9. The Morgan fingerprint density at radius 2 is 1.88 bits per heavy atom. The maximum Gasteiger partial charge on any atom is 0.189 e. The fraction of sp³-hybridized carbons (Fsp3) is 0.350. The SMILES string of the molecule is CC1OC(c2ccc(CC(c3cccc(C#N)c3)C(C)N)cc2)O1. The van der Waals surface area contributed by atoms with Crippen LogP contribution < -0.4 is 5.73 Å². The summed E-state index contributed by atoms with van der Waals surface area (Å²) < 4.78 is 11.0. The van der Waals surface area contributed by atoms with E-state index < -0.39 is 0 Å². The fourth-order valence-corrected chi connectivity index (χ4v) is 3.03. The molecule has 0 saturated carbocycles. The first kappa shape index (κ1) is 16.7. The molecule has 3 rings (SSSR count). The zero-order chi connectivity index (χ0) is 17.1. The highest BCUT2D eigenvalue weighted by Crippen LogP contribution is 2.32. The molecule has 0 spiro atoms. The molecular weight excluding hydrogens is 300 g/mol. The number of rotatable bonds is 5. The normalized spacial score (nSPS) is 22.2. The Hall–Kier alpha value is -2.19. The largest absolute Gasteiger partial charge is 0.327 e. The van der Waals surface area contributed by atoms with Crippen LogP contribution >= 0.6 is 0 Å². The van der Waals surface area contributed by atoms with Crippen molar-refractivity contribution < 1.29 is 9.47 Å². The predicted molar refractivity (Wildman–Crippen MR) is 92.1 cm³/mol. The molecule has 0 bridgehead atoms. The van der Waals surface area contributed by atoms with E-state index in [2.05, 4.69) is 18.2 Å². The van der Waals surface area contributed by atoms with Crippen LogP contribution in [0.15, 0.2) is 48.5 Å². The topological polar surface area (TPSA) is 68.3 Å². The van der Waals surface area contributed by atoms with Crippen LogP contribution in [-0.4, -0.2) is 12.3 Å². The van der Waals surface area contributed by atoms with Crippen LogP contribution in [0.4, 0.5) is 0 Å². The van der Waals surface area contributed by atoms with E-state index >= 15 is 0 Å².